The number of carboxylic acid groups (broad SMARTS) is 1. The van der Waals surface area contributed by atoms with Crippen LogP contribution in [-0.2, 0) is 11.8 Å². The van der Waals surface area contributed by atoms with Gasteiger partial charge in [0.2, 0.25) is 0 Å². The van der Waals surface area contributed by atoms with Crippen LogP contribution in [0.4, 0.5) is 0 Å². The summed E-state index contributed by atoms with van der Waals surface area (Å²) >= 11 is 0. The third kappa shape index (κ3) is 3.29. The Morgan fingerprint density at radius 3 is 2.83 bits per heavy atom. The number of aryl methyl sites for hydroxylation is 1. The van der Waals surface area contributed by atoms with E-state index in [1.165, 1.54) is 0 Å². The van der Waals surface area contributed by atoms with Gasteiger partial charge in [0.25, 0.3) is 0 Å². The first kappa shape index (κ1) is 10.8. The molecule has 0 aliphatic heterocycles. The third-order valence-corrected chi connectivity index (χ3v) is 1.01. The van der Waals surface area contributed by atoms with Gasteiger partial charge in [-0.3, -0.25) is 4.68 Å². The molecule has 12 heavy (non-hydrogen) atoms. The minimum absolute atomic E-state index is 0. The Hall–Kier alpha value is -1.16. The molecule has 0 aromatic carbocycles. The van der Waals surface area contributed by atoms with E-state index < -0.39 is 5.97 Å². The SMILES string of the molecule is Cn1ccc(C#CC(=O)[O-])n1.[Li+]. The summed E-state index contributed by atoms with van der Waals surface area (Å²) in [5, 5.41) is 13.7. The fourth-order valence-electron chi connectivity index (χ4n) is 0.597. The number of hydrogen-bond donors (Lipinski definition) is 0. The van der Waals surface area contributed by atoms with Crippen LogP contribution >= 0.6 is 0 Å². The van der Waals surface area contributed by atoms with Gasteiger partial charge in [-0.05, 0) is 17.9 Å². The summed E-state index contributed by atoms with van der Waals surface area (Å²) in [5.74, 6) is 2.78. The van der Waals surface area contributed by atoms with Crippen molar-refractivity contribution in [1.29, 1.82) is 0 Å². The Labute approximate surface area is 81.8 Å². The van der Waals surface area contributed by atoms with Crippen molar-refractivity contribution >= 4 is 5.97 Å². The summed E-state index contributed by atoms with van der Waals surface area (Å²) in [6.07, 6.45) is 1.68. The molecule has 0 aliphatic carbocycles. The summed E-state index contributed by atoms with van der Waals surface area (Å²) in [5.41, 5.74) is 0.428. The van der Waals surface area contributed by atoms with Gasteiger partial charge in [0, 0.05) is 13.2 Å². The number of aliphatic carboxylic acids is 1. The first-order chi connectivity index (χ1) is 5.18. The van der Waals surface area contributed by atoms with E-state index in [4.69, 9.17) is 0 Å². The minimum atomic E-state index is -1.39. The van der Waals surface area contributed by atoms with E-state index in [9.17, 15) is 9.90 Å². The van der Waals surface area contributed by atoms with E-state index in [1.807, 2.05) is 5.92 Å². The van der Waals surface area contributed by atoms with E-state index >= 15 is 0 Å². The van der Waals surface area contributed by atoms with E-state index in [2.05, 4.69) is 11.0 Å². The fraction of sp³-hybridized carbons (Fsp3) is 0.143. The third-order valence-electron chi connectivity index (χ3n) is 1.01. The van der Waals surface area contributed by atoms with Crippen LogP contribution in [0.5, 0.6) is 0 Å². The second-order valence-electron chi connectivity index (χ2n) is 1.91. The monoisotopic (exact) mass is 156 g/mol. The number of hydrogen-bond acceptors (Lipinski definition) is 3. The van der Waals surface area contributed by atoms with Gasteiger partial charge in [0.1, 0.15) is 11.7 Å². The Morgan fingerprint density at radius 2 is 2.42 bits per heavy atom. The molecular weight excluding hydrogens is 151 g/mol. The van der Waals surface area contributed by atoms with E-state index in [0.717, 1.165) is 0 Å². The van der Waals surface area contributed by atoms with E-state index in [0.29, 0.717) is 5.69 Å². The average molecular weight is 156 g/mol. The van der Waals surface area contributed by atoms with Crippen LogP contribution in [0.15, 0.2) is 12.3 Å². The van der Waals surface area contributed by atoms with Crippen molar-refractivity contribution in [2.75, 3.05) is 0 Å². The van der Waals surface area contributed by atoms with Crippen molar-refractivity contribution in [2.24, 2.45) is 7.05 Å². The zero-order valence-corrected chi connectivity index (χ0v) is 6.87. The zero-order chi connectivity index (χ0) is 8.27. The molecule has 0 radical (unpaired) electrons. The number of carbonyl (C=O) groups excluding carboxylic acids is 1. The largest absolute Gasteiger partial charge is 1.00 e. The van der Waals surface area contributed by atoms with Crippen LogP contribution in [0, 0.1) is 11.8 Å². The van der Waals surface area contributed by atoms with Gasteiger partial charge in [-0.15, -0.1) is 0 Å². The summed E-state index contributed by atoms with van der Waals surface area (Å²) in [6.45, 7) is 0. The number of carboxylic acids is 1. The molecular formula is C7H5LiN2O2. The second kappa shape index (κ2) is 4.66. The van der Waals surface area contributed by atoms with Gasteiger partial charge < -0.3 is 9.90 Å². The maximum atomic E-state index is 9.86. The normalized spacial score (nSPS) is 7.75. The number of nitrogens with zero attached hydrogens (tertiary/aromatic N) is 2. The summed E-state index contributed by atoms with van der Waals surface area (Å²) in [4.78, 5) is 9.86. The van der Waals surface area contributed by atoms with Crippen molar-refractivity contribution in [3.05, 3.63) is 18.0 Å². The molecule has 1 aromatic rings. The van der Waals surface area contributed by atoms with Crippen LogP contribution in [0.25, 0.3) is 0 Å². The topological polar surface area (TPSA) is 58.0 Å². The minimum Gasteiger partial charge on any atom is -0.537 e. The Morgan fingerprint density at radius 1 is 1.75 bits per heavy atom. The Balaban J connectivity index is 0.00000121. The predicted molar refractivity (Wildman–Crippen MR) is 35.1 cm³/mol. The molecule has 0 N–H and O–H groups in total. The zero-order valence-electron chi connectivity index (χ0n) is 6.87. The Bertz CT molecular complexity index is 335. The molecule has 0 fully saturated rings. The maximum Gasteiger partial charge on any atom is 1.00 e. The molecule has 0 saturated carbocycles. The molecule has 0 amide bonds. The van der Waals surface area contributed by atoms with Gasteiger partial charge in [-0.25, -0.2) is 0 Å². The van der Waals surface area contributed by atoms with Crippen LogP contribution in [-0.4, -0.2) is 15.7 Å². The van der Waals surface area contributed by atoms with Gasteiger partial charge in [0.05, 0.1) is 0 Å². The number of aromatic nitrogens is 2. The van der Waals surface area contributed by atoms with Gasteiger partial charge >= 0.3 is 18.9 Å². The van der Waals surface area contributed by atoms with Gasteiger partial charge in [-0.2, -0.15) is 5.10 Å². The number of rotatable bonds is 0. The molecule has 1 rings (SSSR count). The quantitative estimate of drug-likeness (QED) is 0.281. The van der Waals surface area contributed by atoms with Crippen molar-refractivity contribution in [3.63, 3.8) is 0 Å². The number of carbonyl (C=O) groups is 1. The van der Waals surface area contributed by atoms with Gasteiger partial charge in [0.15, 0.2) is 0 Å². The van der Waals surface area contributed by atoms with Crippen LogP contribution in [0.3, 0.4) is 0 Å². The first-order valence-electron chi connectivity index (χ1n) is 2.91. The van der Waals surface area contributed by atoms with Crippen LogP contribution in [0.1, 0.15) is 5.69 Å². The molecule has 1 heterocycles. The van der Waals surface area contributed by atoms with Crippen molar-refractivity contribution in [3.8, 4) is 11.8 Å². The average Bonchev–Trinajstić information content (AvgIpc) is 2.31. The Kier molecular flexibility index (Phi) is 4.21. The first-order valence-corrected chi connectivity index (χ1v) is 2.91. The molecule has 56 valence electrons. The second-order valence-corrected chi connectivity index (χ2v) is 1.91. The standard InChI is InChI=1S/C7H6N2O2.Li/c1-9-5-4-6(8-9)2-3-7(10)11;/h4-5H,1H3,(H,10,11);/q;+1/p-1. The molecule has 4 nitrogen and oxygen atoms in total. The van der Waals surface area contributed by atoms with Crippen molar-refractivity contribution < 1.29 is 28.8 Å². The summed E-state index contributed by atoms with van der Waals surface area (Å²) in [6, 6.07) is 1.62. The van der Waals surface area contributed by atoms with Gasteiger partial charge in [-0.1, -0.05) is 0 Å². The summed E-state index contributed by atoms with van der Waals surface area (Å²) < 4.78 is 1.54. The van der Waals surface area contributed by atoms with Crippen LogP contribution in [0.2, 0.25) is 0 Å². The maximum absolute atomic E-state index is 9.86. The molecule has 0 saturated heterocycles. The molecule has 0 spiro atoms. The molecule has 5 heteroatoms. The smallest absolute Gasteiger partial charge is 0.537 e. The molecule has 0 unspecified atom stereocenters. The van der Waals surface area contributed by atoms with E-state index in [1.54, 1.807) is 24.0 Å². The van der Waals surface area contributed by atoms with Crippen molar-refractivity contribution in [2.45, 2.75) is 0 Å². The fourth-order valence-corrected chi connectivity index (χ4v) is 0.597. The predicted octanol–water partition coefficient (Wildman–Crippen LogP) is -4.47. The summed E-state index contributed by atoms with van der Waals surface area (Å²) in [7, 11) is 1.73. The molecule has 1 aromatic heterocycles. The molecule has 0 aliphatic rings. The van der Waals surface area contributed by atoms with Crippen LogP contribution < -0.4 is 24.0 Å². The molecule has 0 atom stereocenters. The van der Waals surface area contributed by atoms with E-state index in [-0.39, 0.29) is 18.9 Å². The molecule has 0 bridgehead atoms. The van der Waals surface area contributed by atoms with Crippen molar-refractivity contribution in [1.82, 2.24) is 9.78 Å².